The van der Waals surface area contributed by atoms with Crippen LogP contribution >= 0.6 is 0 Å². The van der Waals surface area contributed by atoms with E-state index in [9.17, 15) is 0 Å². The van der Waals surface area contributed by atoms with Gasteiger partial charge in [0, 0.05) is 0 Å². The van der Waals surface area contributed by atoms with Crippen molar-refractivity contribution in [3.8, 4) is 0 Å². The van der Waals surface area contributed by atoms with E-state index in [1.807, 2.05) is 0 Å². The Hall–Kier alpha value is 4.02. The summed E-state index contributed by atoms with van der Waals surface area (Å²) in [5.74, 6) is 0. The largest absolute Gasteiger partial charge is 0.377 e. The number of hydrogen-bond donors (Lipinski definition) is 0. The predicted octanol–water partition coefficient (Wildman–Crippen LogP) is -24.5. The molecule has 0 rings (SSSR count). The third-order valence-corrected chi connectivity index (χ3v) is 24.0. The van der Waals surface area contributed by atoms with Gasteiger partial charge in [-0.05, 0) is 11.0 Å². The second kappa shape index (κ2) is 28.3. The van der Waals surface area contributed by atoms with Crippen LogP contribution in [0.2, 0.25) is 0 Å². The molecule has 0 fully saturated rings. The molecule has 184 valence electrons. The molecule has 0 aromatic carbocycles. The van der Waals surface area contributed by atoms with Crippen LogP contribution in [-0.4, -0.2) is 237 Å². The highest BCUT2D eigenvalue weighted by atomic mass is 28.4. The molecule has 28 heteroatoms. The van der Waals surface area contributed by atoms with Gasteiger partial charge in [-0.25, -0.2) is 0 Å². The summed E-state index contributed by atoms with van der Waals surface area (Å²) in [7, 11) is 19.4. The van der Waals surface area contributed by atoms with E-state index in [1.54, 1.807) is 0 Å². The molecule has 0 saturated heterocycles. The van der Waals surface area contributed by atoms with E-state index >= 15 is 0 Å². The molecule has 0 aliphatic rings. The summed E-state index contributed by atoms with van der Waals surface area (Å²) in [4.78, 5) is 0. The monoisotopic (exact) mass is 744 g/mol. The Morgan fingerprint density at radius 1 is 0.310 bits per heavy atom. The van der Waals surface area contributed by atoms with Crippen LogP contribution in [0.5, 0.6) is 0 Å². The van der Waals surface area contributed by atoms with Crippen molar-refractivity contribution in [2.75, 3.05) is 0 Å². The topological polar surface area (TPSA) is 25.9 Å². The van der Waals surface area contributed by atoms with Gasteiger partial charge in [0.25, 0.3) is 0 Å². The van der Waals surface area contributed by atoms with Gasteiger partial charge in [0.2, 0.25) is 0 Å². The van der Waals surface area contributed by atoms with Crippen LogP contribution in [0.4, 0.5) is 0 Å². The summed E-state index contributed by atoms with van der Waals surface area (Å²) < 4.78 is 21.6. The van der Waals surface area contributed by atoms with Crippen molar-refractivity contribution in [1.29, 1.82) is 0 Å². The molecule has 0 unspecified atom stereocenters. The molecule has 0 aliphatic heterocycles. The van der Waals surface area contributed by atoms with Gasteiger partial charge >= 0.3 is 0 Å². The lowest BCUT2D eigenvalue weighted by Gasteiger charge is -2.28. The first kappa shape index (κ1) is 43.1. The lowest BCUT2D eigenvalue weighted by molar-refractivity contribution is 0.891. The molecule has 8 nitrogen and oxygen atoms in total. The van der Waals surface area contributed by atoms with E-state index in [0.29, 0.717) is 0 Å². The van der Waals surface area contributed by atoms with Gasteiger partial charge in [-0.3, -0.25) is 0 Å². The highest BCUT2D eigenvalue weighted by Crippen LogP contribution is 1.81. The molecule has 0 atom stereocenters. The Kier molecular flexibility index (Phi) is 42.0. The van der Waals surface area contributed by atoms with Gasteiger partial charge in [-0.1, -0.05) is 7.43 Å². The second-order valence-electron chi connectivity index (χ2n) is 8.90. The molecule has 0 amide bonds. The molecule has 29 heavy (non-hydrogen) atoms. The first-order valence-electron chi connectivity index (χ1n) is 9.42. The van der Waals surface area contributed by atoms with Crippen molar-refractivity contribution in [2.45, 2.75) is 7.43 Å². The summed E-state index contributed by atoms with van der Waals surface area (Å²) in [6.07, 6.45) is 0. The normalized spacial score (nSPS) is 14.5. The Labute approximate surface area is 242 Å². The van der Waals surface area contributed by atoms with Crippen molar-refractivity contribution in [3.05, 3.63) is 0 Å². The minimum Gasteiger partial charge on any atom is -0.377 e. The maximum Gasteiger partial charge on any atom is 0.146 e. The van der Waals surface area contributed by atoms with Crippen molar-refractivity contribution in [2.24, 2.45) is 0 Å². The van der Waals surface area contributed by atoms with Crippen molar-refractivity contribution >= 4 is 206 Å². The van der Waals surface area contributed by atoms with E-state index in [-0.39, 0.29) is 67.6 Å². The SMILES string of the molecule is C.[SiH3]N([SiH3])[SiH2]N([SiH3])[SiH2]N([SiH3])[SiH2]N([SiH3])[SiH3].[SiH3]N([SiH3])[SiH2]N([SiH3])[SiH3].[SiH3]N([SiH3])[SiH2]N([SiH3])[SiH3].[SiH4]. The summed E-state index contributed by atoms with van der Waals surface area (Å²) in [5, 5.41) is 0. The maximum absolute atomic E-state index is 2.87. The Morgan fingerprint density at radius 2 is 0.483 bits per heavy atom. The fourth-order valence-electron chi connectivity index (χ4n) is 2.60. The minimum absolute atomic E-state index is 0. The van der Waals surface area contributed by atoms with Crippen molar-refractivity contribution in [3.63, 3.8) is 0 Å². The molecule has 0 spiro atoms. The molecule has 0 radical (unpaired) electrons. The van der Waals surface area contributed by atoms with Crippen LogP contribution in [0.1, 0.15) is 7.43 Å². The van der Waals surface area contributed by atoms with Gasteiger partial charge in [0.1, 0.15) is 49.2 Å². The van der Waals surface area contributed by atoms with Gasteiger partial charge in [-0.2, -0.15) is 0 Å². The lowest BCUT2D eigenvalue weighted by Crippen LogP contribution is -2.50. The summed E-state index contributed by atoms with van der Waals surface area (Å²) >= 11 is 0. The van der Waals surface area contributed by atoms with Crippen molar-refractivity contribution in [1.82, 2.24) is 31.2 Å². The van der Waals surface area contributed by atoms with Crippen LogP contribution in [0, 0.1) is 0 Å². The highest BCUT2D eigenvalue weighted by molar-refractivity contribution is 6.71. The zero-order valence-corrected chi connectivity index (χ0v) is 56.2. The molecule has 0 heterocycles. The van der Waals surface area contributed by atoms with Gasteiger partial charge in [0.15, 0.2) is 0 Å². The predicted molar refractivity (Wildman–Crippen MR) is 215 cm³/mol. The number of rotatable bonds is 10. The minimum atomic E-state index is 0. The quantitative estimate of drug-likeness (QED) is 0.204. The third kappa shape index (κ3) is 50.0. The van der Waals surface area contributed by atoms with Crippen LogP contribution in [0.15, 0.2) is 0 Å². The fourth-order valence-corrected chi connectivity index (χ4v) is 68.6. The molecule has 0 aromatic rings. The van der Waals surface area contributed by atoms with E-state index in [2.05, 4.69) is 31.2 Å². The van der Waals surface area contributed by atoms with E-state index in [0.717, 1.165) is 0 Å². The molecule has 0 N–H and O–H groups in total. The molecule has 0 saturated carbocycles. The van der Waals surface area contributed by atoms with E-state index < -0.39 is 0 Å². The number of hydrogen-bond acceptors (Lipinski definition) is 8. The summed E-state index contributed by atoms with van der Waals surface area (Å²) in [6, 6.07) is 0. The Bertz CT molecular complexity index is 260. The van der Waals surface area contributed by atoms with Crippen LogP contribution < -0.4 is 0 Å². The van der Waals surface area contributed by atoms with Gasteiger partial charge in [0.05, 0.1) is 146 Å². The average Bonchev–Trinajstić information content (AvgIpc) is 2.33. The first-order chi connectivity index (χ1) is 12.2. The van der Waals surface area contributed by atoms with Crippen molar-refractivity contribution < 1.29 is 0 Å². The maximum atomic E-state index is 2.87. The first-order valence-corrected chi connectivity index (χ1v) is 28.3. The standard InChI is InChI=1S/CH4.H24N4Si9.2H14N2Si5.H4Si/c;5-1(6)11-3(9)13-4(10)12-2(7)8;2*3-1(4)7-2(5)6;/h1H4;11-13H2,5-10H3;2*7H2,3-6H3;1H4. The second-order valence-corrected chi connectivity index (χ2v) is 75.8. The summed E-state index contributed by atoms with van der Waals surface area (Å²) in [6.45, 7) is 0. The van der Waals surface area contributed by atoms with Gasteiger partial charge < -0.3 is 31.2 Å². The van der Waals surface area contributed by atoms with Crippen LogP contribution in [-0.2, 0) is 0 Å². The van der Waals surface area contributed by atoms with Crippen LogP contribution in [0.25, 0.3) is 0 Å². The average molecular weight is 746 g/mol. The zero-order valence-electron chi connectivity index (χ0n) is 21.1. The Morgan fingerprint density at radius 3 is 0.586 bits per heavy atom. The number of nitrogens with zero attached hydrogens (tertiary/aromatic N) is 8. The molecular weight excluding hydrogens is 686 g/mol. The lowest BCUT2D eigenvalue weighted by atomic mass is 12.0. The summed E-state index contributed by atoms with van der Waals surface area (Å²) in [5.41, 5.74) is 0. The van der Waals surface area contributed by atoms with E-state index in [1.165, 1.54) is 146 Å². The van der Waals surface area contributed by atoms with Crippen LogP contribution in [0.3, 0.4) is 0 Å². The molecule has 0 aliphatic carbocycles. The van der Waals surface area contributed by atoms with Gasteiger partial charge in [-0.15, -0.1) is 0 Å². The fraction of sp³-hybridized carbons (Fsp3) is 1.00. The molecule has 0 bridgehead atoms. The smallest absolute Gasteiger partial charge is 0.146 e. The molecular formula is CH60N8Si20. The Balaban J connectivity index is -0.000000104. The highest BCUT2D eigenvalue weighted by Gasteiger charge is 2.05. The third-order valence-electron chi connectivity index (χ3n) is 2.66. The molecule has 0 aromatic heterocycles. The van der Waals surface area contributed by atoms with E-state index in [4.69, 9.17) is 0 Å². The zero-order chi connectivity index (χ0) is 22.2.